The Balaban J connectivity index is 1.89. The molecule has 0 saturated heterocycles. The molecule has 0 aromatic carbocycles. The molecule has 0 saturated carbocycles. The van der Waals surface area contributed by atoms with Gasteiger partial charge < -0.3 is 14.8 Å². The SMILES string of the molecule is OB(O)c1ccc(C(CCOC(F)F)n2cc(-c3ncnn3C(F)F)cn2)nc1. The predicted molar refractivity (Wildman–Crippen MR) is 91.3 cm³/mol. The summed E-state index contributed by atoms with van der Waals surface area (Å²) < 4.78 is 56.8. The van der Waals surface area contributed by atoms with Gasteiger partial charge in [-0.25, -0.2) is 4.98 Å². The first-order valence-corrected chi connectivity index (χ1v) is 8.30. The summed E-state index contributed by atoms with van der Waals surface area (Å²) >= 11 is 0. The fourth-order valence-electron chi connectivity index (χ4n) is 2.67. The molecule has 29 heavy (non-hydrogen) atoms. The third-order valence-electron chi connectivity index (χ3n) is 4.02. The Bertz CT molecular complexity index is 921. The Morgan fingerprint density at radius 1 is 1.07 bits per heavy atom. The summed E-state index contributed by atoms with van der Waals surface area (Å²) in [5.74, 6) is -0.111. The molecule has 0 bridgehead atoms. The van der Waals surface area contributed by atoms with Crippen molar-refractivity contribution in [1.82, 2.24) is 29.5 Å². The lowest BCUT2D eigenvalue weighted by molar-refractivity contribution is -0.130. The van der Waals surface area contributed by atoms with Crippen LogP contribution >= 0.6 is 0 Å². The van der Waals surface area contributed by atoms with Crippen LogP contribution in [0.3, 0.4) is 0 Å². The molecule has 0 aliphatic heterocycles. The minimum absolute atomic E-state index is 0.0427. The fraction of sp³-hybridized carbons (Fsp3) is 0.333. The number of hydrogen-bond donors (Lipinski definition) is 2. The van der Waals surface area contributed by atoms with Gasteiger partial charge in [0.2, 0.25) is 0 Å². The molecule has 3 heterocycles. The van der Waals surface area contributed by atoms with Crippen LogP contribution in [0.15, 0.2) is 37.1 Å². The molecule has 1 atom stereocenters. The molecule has 154 valence electrons. The van der Waals surface area contributed by atoms with E-state index in [2.05, 4.69) is 24.9 Å². The van der Waals surface area contributed by atoms with Gasteiger partial charge in [0.25, 0.3) is 0 Å². The third-order valence-corrected chi connectivity index (χ3v) is 4.02. The van der Waals surface area contributed by atoms with Crippen LogP contribution in [0.1, 0.15) is 24.7 Å². The van der Waals surface area contributed by atoms with Crippen LogP contribution in [0.25, 0.3) is 11.4 Å². The lowest BCUT2D eigenvalue weighted by Gasteiger charge is -2.17. The quantitative estimate of drug-likeness (QED) is 0.394. The first-order chi connectivity index (χ1) is 13.9. The van der Waals surface area contributed by atoms with Gasteiger partial charge >= 0.3 is 20.3 Å². The molecule has 0 aliphatic carbocycles. The number of nitrogens with zero attached hydrogens (tertiary/aromatic N) is 6. The molecule has 3 aromatic heterocycles. The predicted octanol–water partition coefficient (Wildman–Crippen LogP) is 0.830. The lowest BCUT2D eigenvalue weighted by atomic mass is 9.81. The number of halogens is 4. The Morgan fingerprint density at radius 3 is 2.48 bits per heavy atom. The number of rotatable bonds is 9. The summed E-state index contributed by atoms with van der Waals surface area (Å²) in [6, 6.07) is 2.20. The highest BCUT2D eigenvalue weighted by Crippen LogP contribution is 2.25. The standard InChI is InChI=1S/C15H15BF4N6O3/c17-14(18)26-13(22-8-24-26)9-5-23-25(7-9)12(3-4-29-15(19)20)11-2-1-10(6-21-11)16(27)28/h1-2,5-8,12,14-15,27-28H,3-4H2. The van der Waals surface area contributed by atoms with Crippen LogP contribution in [-0.4, -0.2) is 59.9 Å². The van der Waals surface area contributed by atoms with Crippen molar-refractivity contribution in [3.63, 3.8) is 0 Å². The number of pyridine rings is 1. The van der Waals surface area contributed by atoms with Crippen molar-refractivity contribution in [2.45, 2.75) is 25.6 Å². The molecule has 0 aliphatic rings. The summed E-state index contributed by atoms with van der Waals surface area (Å²) in [5, 5.41) is 25.9. The van der Waals surface area contributed by atoms with Crippen molar-refractivity contribution < 1.29 is 32.3 Å². The van der Waals surface area contributed by atoms with Crippen molar-refractivity contribution in [2.75, 3.05) is 6.61 Å². The first-order valence-electron chi connectivity index (χ1n) is 8.30. The van der Waals surface area contributed by atoms with Crippen LogP contribution in [0.5, 0.6) is 0 Å². The molecule has 1 unspecified atom stereocenters. The molecule has 0 radical (unpaired) electrons. The maximum absolute atomic E-state index is 13.0. The zero-order valence-corrected chi connectivity index (χ0v) is 14.7. The molecule has 0 amide bonds. The van der Waals surface area contributed by atoms with E-state index in [0.29, 0.717) is 10.4 Å². The van der Waals surface area contributed by atoms with Gasteiger partial charge in [-0.1, -0.05) is 6.07 Å². The normalized spacial score (nSPS) is 12.7. The average molecular weight is 414 g/mol. The molecular formula is C15H15BF4N6O3. The second kappa shape index (κ2) is 9.11. The fourth-order valence-corrected chi connectivity index (χ4v) is 2.67. The van der Waals surface area contributed by atoms with E-state index in [1.807, 2.05) is 0 Å². The van der Waals surface area contributed by atoms with Gasteiger partial charge in [0.05, 0.1) is 30.1 Å². The van der Waals surface area contributed by atoms with E-state index in [4.69, 9.17) is 0 Å². The van der Waals surface area contributed by atoms with Crippen molar-refractivity contribution in [3.8, 4) is 11.4 Å². The topological polar surface area (TPSA) is 111 Å². The van der Waals surface area contributed by atoms with Crippen molar-refractivity contribution in [1.29, 1.82) is 0 Å². The first kappa shape index (κ1) is 20.9. The summed E-state index contributed by atoms with van der Waals surface area (Å²) in [7, 11) is -1.71. The summed E-state index contributed by atoms with van der Waals surface area (Å²) in [5.41, 5.74) is 0.754. The van der Waals surface area contributed by atoms with E-state index in [1.54, 1.807) is 0 Å². The molecule has 14 heteroatoms. The molecule has 0 fully saturated rings. The summed E-state index contributed by atoms with van der Waals surface area (Å²) in [6.07, 6.45) is 4.94. The Labute approximate surface area is 161 Å². The van der Waals surface area contributed by atoms with Crippen LogP contribution < -0.4 is 5.46 Å². The summed E-state index contributed by atoms with van der Waals surface area (Å²) in [6.45, 7) is -6.17. The maximum atomic E-state index is 13.0. The number of ether oxygens (including phenoxy) is 1. The van der Waals surface area contributed by atoms with Gasteiger partial charge in [-0.15, -0.1) is 0 Å². The van der Waals surface area contributed by atoms with Gasteiger partial charge in [0.1, 0.15) is 6.33 Å². The second-order valence-electron chi connectivity index (χ2n) is 5.84. The van der Waals surface area contributed by atoms with Gasteiger partial charge in [-0.3, -0.25) is 9.67 Å². The minimum atomic E-state index is -2.95. The average Bonchev–Trinajstić information content (AvgIpc) is 3.34. The highest BCUT2D eigenvalue weighted by Gasteiger charge is 2.22. The zero-order chi connectivity index (χ0) is 21.0. The van der Waals surface area contributed by atoms with E-state index in [0.717, 1.165) is 6.33 Å². The highest BCUT2D eigenvalue weighted by molar-refractivity contribution is 6.58. The van der Waals surface area contributed by atoms with E-state index in [-0.39, 0.29) is 29.9 Å². The third kappa shape index (κ3) is 4.96. The van der Waals surface area contributed by atoms with E-state index in [1.165, 1.54) is 35.4 Å². The number of aromatic nitrogens is 6. The maximum Gasteiger partial charge on any atom is 0.490 e. The van der Waals surface area contributed by atoms with E-state index >= 15 is 0 Å². The molecule has 3 aromatic rings. The Hall–Kier alpha value is -2.84. The largest absolute Gasteiger partial charge is 0.490 e. The Morgan fingerprint density at radius 2 is 1.86 bits per heavy atom. The van der Waals surface area contributed by atoms with Gasteiger partial charge in [-0.05, 0) is 12.5 Å². The summed E-state index contributed by atoms with van der Waals surface area (Å²) in [4.78, 5) is 7.91. The van der Waals surface area contributed by atoms with E-state index in [9.17, 15) is 27.6 Å². The number of hydrogen-bond acceptors (Lipinski definition) is 7. The van der Waals surface area contributed by atoms with Crippen LogP contribution in [0.4, 0.5) is 17.6 Å². The Kier molecular flexibility index (Phi) is 6.56. The van der Waals surface area contributed by atoms with Gasteiger partial charge in [0.15, 0.2) is 5.82 Å². The molecule has 0 spiro atoms. The molecule has 9 nitrogen and oxygen atoms in total. The van der Waals surface area contributed by atoms with Gasteiger partial charge in [-0.2, -0.15) is 32.4 Å². The van der Waals surface area contributed by atoms with Crippen LogP contribution in [0, 0.1) is 0 Å². The molecule has 2 N–H and O–H groups in total. The lowest BCUT2D eigenvalue weighted by Crippen LogP contribution is -2.30. The van der Waals surface area contributed by atoms with E-state index < -0.39 is 26.3 Å². The highest BCUT2D eigenvalue weighted by atomic mass is 19.3. The second-order valence-corrected chi connectivity index (χ2v) is 5.84. The van der Waals surface area contributed by atoms with Crippen molar-refractivity contribution in [3.05, 3.63) is 42.7 Å². The monoisotopic (exact) mass is 414 g/mol. The van der Waals surface area contributed by atoms with Gasteiger partial charge in [0, 0.05) is 17.9 Å². The minimum Gasteiger partial charge on any atom is -0.423 e. The van der Waals surface area contributed by atoms with Crippen LogP contribution in [0.2, 0.25) is 0 Å². The molecular weight excluding hydrogens is 399 g/mol. The van der Waals surface area contributed by atoms with Crippen LogP contribution in [-0.2, 0) is 4.74 Å². The molecule has 3 rings (SSSR count). The zero-order valence-electron chi connectivity index (χ0n) is 14.7. The smallest absolute Gasteiger partial charge is 0.423 e. The van der Waals surface area contributed by atoms with Crippen molar-refractivity contribution in [2.24, 2.45) is 0 Å². The number of alkyl halides is 4. The van der Waals surface area contributed by atoms with Crippen molar-refractivity contribution >= 4 is 12.6 Å².